The lowest BCUT2D eigenvalue weighted by molar-refractivity contribution is -0.131. The Labute approximate surface area is 165 Å². The predicted molar refractivity (Wildman–Crippen MR) is 109 cm³/mol. The Hall–Kier alpha value is -2.89. The molecular weight excluding hydrogens is 357 g/mol. The van der Waals surface area contributed by atoms with E-state index in [1.807, 2.05) is 32.0 Å². The zero-order valence-corrected chi connectivity index (χ0v) is 16.6. The molecule has 0 atom stereocenters. The number of halogens is 1. The number of amides is 2. The maximum absolute atomic E-state index is 13.1. The third kappa shape index (κ3) is 4.32. The number of carbonyl (C=O) groups excluding carboxylic acids is 2. The predicted octanol–water partition coefficient (Wildman–Crippen LogP) is 3.14. The third-order valence-corrected chi connectivity index (χ3v) is 5.21. The Balaban J connectivity index is 1.65. The fourth-order valence-electron chi connectivity index (χ4n) is 3.68. The number of nitrogens with zero attached hydrogens (tertiary/aromatic N) is 3. The van der Waals surface area contributed by atoms with Crippen molar-refractivity contribution in [3.05, 3.63) is 59.4 Å². The number of anilines is 2. The molecule has 1 heterocycles. The van der Waals surface area contributed by atoms with E-state index in [1.54, 1.807) is 21.9 Å². The van der Waals surface area contributed by atoms with Crippen LogP contribution in [0.1, 0.15) is 18.1 Å². The number of para-hydroxylation sites is 1. The molecule has 0 radical (unpaired) electrons. The monoisotopic (exact) mass is 383 g/mol. The summed E-state index contributed by atoms with van der Waals surface area (Å²) in [5, 5.41) is 0. The summed E-state index contributed by atoms with van der Waals surface area (Å²) in [6, 6.07) is 12.2. The van der Waals surface area contributed by atoms with Crippen molar-refractivity contribution in [1.29, 1.82) is 0 Å². The van der Waals surface area contributed by atoms with Gasteiger partial charge in [-0.3, -0.25) is 9.59 Å². The van der Waals surface area contributed by atoms with Gasteiger partial charge in [0.05, 0.1) is 5.69 Å². The summed E-state index contributed by atoms with van der Waals surface area (Å²) in [4.78, 5) is 30.6. The minimum absolute atomic E-state index is 0.0393. The molecule has 148 valence electrons. The highest BCUT2D eigenvalue weighted by atomic mass is 19.1. The quantitative estimate of drug-likeness (QED) is 0.815. The van der Waals surface area contributed by atoms with E-state index in [4.69, 9.17) is 0 Å². The fraction of sp³-hybridized carbons (Fsp3) is 0.364. The Bertz CT molecular complexity index is 838. The topological polar surface area (TPSA) is 43.9 Å². The maximum atomic E-state index is 13.1. The summed E-state index contributed by atoms with van der Waals surface area (Å²) in [6.45, 7) is 7.95. The number of benzene rings is 2. The minimum atomic E-state index is -0.256. The second kappa shape index (κ2) is 8.42. The van der Waals surface area contributed by atoms with Gasteiger partial charge in [-0.15, -0.1) is 0 Å². The molecular formula is C22H26FN3O2. The van der Waals surface area contributed by atoms with Crippen LogP contribution in [0.4, 0.5) is 15.8 Å². The van der Waals surface area contributed by atoms with E-state index in [-0.39, 0.29) is 24.2 Å². The molecule has 28 heavy (non-hydrogen) atoms. The van der Waals surface area contributed by atoms with Crippen LogP contribution in [0.15, 0.2) is 42.5 Å². The first kappa shape index (κ1) is 19.9. The lowest BCUT2D eigenvalue weighted by Gasteiger charge is -2.37. The SMILES string of the molecule is CC(=O)N(CC(=O)N1CCN(c2ccc(F)cc2)CC1)c1c(C)cccc1C. The molecule has 2 aromatic carbocycles. The summed E-state index contributed by atoms with van der Waals surface area (Å²) in [6.07, 6.45) is 0. The van der Waals surface area contributed by atoms with E-state index in [0.29, 0.717) is 26.2 Å². The molecule has 0 aromatic heterocycles. The van der Waals surface area contributed by atoms with Crippen LogP contribution in [-0.4, -0.2) is 49.4 Å². The van der Waals surface area contributed by atoms with Crippen LogP contribution in [0.5, 0.6) is 0 Å². The molecule has 0 unspecified atom stereocenters. The second-order valence-electron chi connectivity index (χ2n) is 7.19. The van der Waals surface area contributed by atoms with Crippen molar-refractivity contribution >= 4 is 23.2 Å². The molecule has 2 aromatic rings. The number of carbonyl (C=O) groups is 2. The largest absolute Gasteiger partial charge is 0.368 e. The van der Waals surface area contributed by atoms with Crippen molar-refractivity contribution in [2.24, 2.45) is 0 Å². The Kier molecular flexibility index (Phi) is 5.97. The Morgan fingerprint density at radius 1 is 0.964 bits per heavy atom. The van der Waals surface area contributed by atoms with Gasteiger partial charge in [-0.05, 0) is 49.2 Å². The number of piperazine rings is 1. The van der Waals surface area contributed by atoms with E-state index in [0.717, 1.165) is 22.5 Å². The zero-order valence-electron chi connectivity index (χ0n) is 16.6. The van der Waals surface area contributed by atoms with Crippen LogP contribution in [-0.2, 0) is 9.59 Å². The standard InChI is InChI=1S/C22H26FN3O2/c1-16-5-4-6-17(2)22(16)26(18(3)27)15-21(28)25-13-11-24(12-14-25)20-9-7-19(23)8-10-20/h4-10H,11-15H2,1-3H3. The van der Waals surface area contributed by atoms with E-state index in [9.17, 15) is 14.0 Å². The van der Waals surface area contributed by atoms with E-state index >= 15 is 0 Å². The summed E-state index contributed by atoms with van der Waals surface area (Å²) in [5.74, 6) is -0.458. The van der Waals surface area contributed by atoms with Crippen LogP contribution in [0.25, 0.3) is 0 Å². The second-order valence-corrected chi connectivity index (χ2v) is 7.19. The molecule has 5 nitrogen and oxygen atoms in total. The highest BCUT2D eigenvalue weighted by Gasteiger charge is 2.25. The fourth-order valence-corrected chi connectivity index (χ4v) is 3.68. The van der Waals surface area contributed by atoms with E-state index < -0.39 is 0 Å². The van der Waals surface area contributed by atoms with Crippen molar-refractivity contribution in [1.82, 2.24) is 4.90 Å². The first-order valence-corrected chi connectivity index (χ1v) is 9.49. The summed E-state index contributed by atoms with van der Waals surface area (Å²) < 4.78 is 13.1. The summed E-state index contributed by atoms with van der Waals surface area (Å²) in [5.41, 5.74) is 3.72. The van der Waals surface area contributed by atoms with E-state index in [2.05, 4.69) is 4.90 Å². The van der Waals surface area contributed by atoms with Crippen molar-refractivity contribution in [3.63, 3.8) is 0 Å². The van der Waals surface area contributed by atoms with Gasteiger partial charge in [0, 0.05) is 38.8 Å². The lowest BCUT2D eigenvalue weighted by Crippen LogP contribution is -2.52. The molecule has 0 aliphatic carbocycles. The first-order valence-electron chi connectivity index (χ1n) is 9.49. The van der Waals surface area contributed by atoms with Gasteiger partial charge >= 0.3 is 0 Å². The molecule has 6 heteroatoms. The number of hydrogen-bond donors (Lipinski definition) is 0. The average Bonchev–Trinajstić information content (AvgIpc) is 2.67. The van der Waals surface area contributed by atoms with Crippen molar-refractivity contribution < 1.29 is 14.0 Å². The highest BCUT2D eigenvalue weighted by Crippen LogP contribution is 2.25. The number of hydrogen-bond acceptors (Lipinski definition) is 3. The molecule has 0 bridgehead atoms. The molecule has 1 aliphatic rings. The molecule has 3 rings (SSSR count). The van der Waals surface area contributed by atoms with E-state index in [1.165, 1.54) is 19.1 Å². The van der Waals surface area contributed by atoms with Gasteiger partial charge in [-0.25, -0.2) is 4.39 Å². The molecule has 2 amide bonds. The van der Waals surface area contributed by atoms with Gasteiger partial charge in [0.1, 0.15) is 12.4 Å². The Morgan fingerprint density at radius 2 is 1.54 bits per heavy atom. The first-order chi connectivity index (χ1) is 13.4. The van der Waals surface area contributed by atoms with Gasteiger partial charge in [-0.1, -0.05) is 18.2 Å². The van der Waals surface area contributed by atoms with Crippen LogP contribution in [0.3, 0.4) is 0 Å². The normalized spacial score (nSPS) is 14.1. The number of rotatable bonds is 4. The van der Waals surface area contributed by atoms with Gasteiger partial charge in [-0.2, -0.15) is 0 Å². The summed E-state index contributed by atoms with van der Waals surface area (Å²) in [7, 11) is 0. The Morgan fingerprint density at radius 3 is 2.07 bits per heavy atom. The van der Waals surface area contributed by atoms with Gasteiger partial charge in [0.2, 0.25) is 11.8 Å². The number of aryl methyl sites for hydroxylation is 2. The lowest BCUT2D eigenvalue weighted by atomic mass is 10.1. The highest BCUT2D eigenvalue weighted by molar-refractivity contribution is 5.98. The molecule has 1 aliphatic heterocycles. The summed E-state index contributed by atoms with van der Waals surface area (Å²) >= 11 is 0. The van der Waals surface area contributed by atoms with Crippen molar-refractivity contribution in [2.45, 2.75) is 20.8 Å². The zero-order chi connectivity index (χ0) is 20.3. The van der Waals surface area contributed by atoms with Gasteiger partial charge in [0.15, 0.2) is 0 Å². The molecule has 0 spiro atoms. The minimum Gasteiger partial charge on any atom is -0.368 e. The third-order valence-electron chi connectivity index (χ3n) is 5.21. The molecule has 1 fully saturated rings. The van der Waals surface area contributed by atoms with Crippen LogP contribution in [0.2, 0.25) is 0 Å². The van der Waals surface area contributed by atoms with Crippen LogP contribution < -0.4 is 9.80 Å². The molecule has 0 N–H and O–H groups in total. The molecule has 1 saturated heterocycles. The maximum Gasteiger partial charge on any atom is 0.242 e. The van der Waals surface area contributed by atoms with Crippen molar-refractivity contribution in [2.75, 3.05) is 42.5 Å². The smallest absolute Gasteiger partial charge is 0.242 e. The van der Waals surface area contributed by atoms with Gasteiger partial charge < -0.3 is 14.7 Å². The average molecular weight is 383 g/mol. The van der Waals surface area contributed by atoms with Gasteiger partial charge in [0.25, 0.3) is 0 Å². The van der Waals surface area contributed by atoms with Crippen molar-refractivity contribution in [3.8, 4) is 0 Å². The van der Waals surface area contributed by atoms with Crippen LogP contribution in [0, 0.1) is 19.7 Å². The molecule has 0 saturated carbocycles. The van der Waals surface area contributed by atoms with Crippen LogP contribution >= 0.6 is 0 Å².